The van der Waals surface area contributed by atoms with E-state index in [1.807, 2.05) is 56.3 Å². The van der Waals surface area contributed by atoms with Crippen LogP contribution in [-0.2, 0) is 0 Å². The van der Waals surface area contributed by atoms with Crippen molar-refractivity contribution in [3.05, 3.63) is 71.4 Å². The van der Waals surface area contributed by atoms with Crippen molar-refractivity contribution in [3.8, 4) is 5.75 Å². The lowest BCUT2D eigenvalue weighted by atomic mass is 10.1. The maximum absolute atomic E-state index is 12.2. The molecule has 4 nitrogen and oxygen atoms in total. The highest BCUT2D eigenvalue weighted by Gasteiger charge is 2.07. The van der Waals surface area contributed by atoms with E-state index in [1.54, 1.807) is 6.07 Å². The van der Waals surface area contributed by atoms with Gasteiger partial charge in [-0.2, -0.15) is 0 Å². The van der Waals surface area contributed by atoms with Gasteiger partial charge in [0.05, 0.1) is 12.1 Å². The van der Waals surface area contributed by atoms with Gasteiger partial charge in [0, 0.05) is 5.39 Å². The van der Waals surface area contributed by atoms with Crippen LogP contribution in [0.15, 0.2) is 54.6 Å². The first kappa shape index (κ1) is 16.0. The van der Waals surface area contributed by atoms with Gasteiger partial charge in [0.25, 0.3) is 5.91 Å². The van der Waals surface area contributed by atoms with Gasteiger partial charge in [-0.15, -0.1) is 0 Å². The third-order valence-corrected chi connectivity index (χ3v) is 3.81. The predicted octanol–water partition coefficient (Wildman–Crippen LogP) is 3.66. The summed E-state index contributed by atoms with van der Waals surface area (Å²) in [5, 5.41) is 3.86. The van der Waals surface area contributed by atoms with Gasteiger partial charge in [-0.25, -0.2) is 4.98 Å². The number of pyridine rings is 1. The summed E-state index contributed by atoms with van der Waals surface area (Å²) < 4.78 is 5.71. The molecule has 0 saturated heterocycles. The van der Waals surface area contributed by atoms with Gasteiger partial charge in [0.15, 0.2) is 0 Å². The van der Waals surface area contributed by atoms with Crippen LogP contribution in [-0.4, -0.2) is 24.0 Å². The van der Waals surface area contributed by atoms with Crippen LogP contribution >= 0.6 is 0 Å². The zero-order chi connectivity index (χ0) is 16.9. The maximum atomic E-state index is 12.2. The Morgan fingerprint density at radius 3 is 2.75 bits per heavy atom. The van der Waals surface area contributed by atoms with Crippen molar-refractivity contribution in [1.29, 1.82) is 0 Å². The summed E-state index contributed by atoms with van der Waals surface area (Å²) in [5.41, 5.74) is 3.53. The quantitative estimate of drug-likeness (QED) is 0.730. The number of hydrogen-bond donors (Lipinski definition) is 1. The van der Waals surface area contributed by atoms with Crippen molar-refractivity contribution < 1.29 is 9.53 Å². The molecule has 3 aromatic rings. The smallest absolute Gasteiger partial charge is 0.270 e. The first-order valence-corrected chi connectivity index (χ1v) is 7.97. The monoisotopic (exact) mass is 320 g/mol. The fourth-order valence-electron chi connectivity index (χ4n) is 2.57. The largest absolute Gasteiger partial charge is 0.491 e. The molecule has 0 saturated carbocycles. The molecule has 0 aliphatic carbocycles. The summed E-state index contributed by atoms with van der Waals surface area (Å²) in [5.74, 6) is 0.656. The lowest BCUT2D eigenvalue weighted by molar-refractivity contribution is 0.0942. The number of nitrogens with zero attached hydrogens (tertiary/aromatic N) is 1. The summed E-state index contributed by atoms with van der Waals surface area (Å²) in [4.78, 5) is 16.6. The molecule has 24 heavy (non-hydrogen) atoms. The zero-order valence-corrected chi connectivity index (χ0v) is 13.9. The van der Waals surface area contributed by atoms with Crippen molar-refractivity contribution in [3.63, 3.8) is 0 Å². The van der Waals surface area contributed by atoms with Crippen LogP contribution in [0.1, 0.15) is 21.6 Å². The lowest BCUT2D eigenvalue weighted by Gasteiger charge is -2.10. The SMILES string of the molecule is Cc1ccc(OCCNC(=O)c2ccc3ccccc3n2)c(C)c1. The normalized spacial score (nSPS) is 10.6. The van der Waals surface area contributed by atoms with Gasteiger partial charge >= 0.3 is 0 Å². The van der Waals surface area contributed by atoms with E-state index in [9.17, 15) is 4.79 Å². The van der Waals surface area contributed by atoms with Crippen LogP contribution < -0.4 is 10.1 Å². The van der Waals surface area contributed by atoms with Crippen LogP contribution in [0.2, 0.25) is 0 Å². The molecule has 1 amide bonds. The van der Waals surface area contributed by atoms with Crippen LogP contribution in [0.25, 0.3) is 10.9 Å². The molecule has 0 aliphatic rings. The standard InChI is InChI=1S/C20H20N2O2/c1-14-7-10-19(15(2)13-14)24-12-11-21-20(23)18-9-8-16-5-3-4-6-17(16)22-18/h3-10,13H,11-12H2,1-2H3,(H,21,23). The van der Waals surface area contributed by atoms with E-state index in [4.69, 9.17) is 4.74 Å². The number of aryl methyl sites for hydroxylation is 2. The van der Waals surface area contributed by atoms with Crippen molar-refractivity contribution in [1.82, 2.24) is 10.3 Å². The van der Waals surface area contributed by atoms with Gasteiger partial charge in [0.2, 0.25) is 0 Å². The molecule has 122 valence electrons. The third kappa shape index (κ3) is 3.71. The summed E-state index contributed by atoms with van der Waals surface area (Å²) >= 11 is 0. The second-order valence-electron chi connectivity index (χ2n) is 5.76. The molecular weight excluding hydrogens is 300 g/mol. The van der Waals surface area contributed by atoms with E-state index in [0.717, 1.165) is 22.2 Å². The second-order valence-corrected chi connectivity index (χ2v) is 5.76. The van der Waals surface area contributed by atoms with Crippen molar-refractivity contribution in [2.24, 2.45) is 0 Å². The number of hydrogen-bond acceptors (Lipinski definition) is 3. The van der Waals surface area contributed by atoms with Crippen LogP contribution in [0.5, 0.6) is 5.75 Å². The molecule has 0 radical (unpaired) electrons. The molecule has 1 aromatic heterocycles. The van der Waals surface area contributed by atoms with Crippen molar-refractivity contribution >= 4 is 16.8 Å². The molecule has 3 rings (SSSR count). The summed E-state index contributed by atoms with van der Waals surface area (Å²) in [7, 11) is 0. The first-order valence-electron chi connectivity index (χ1n) is 7.97. The third-order valence-electron chi connectivity index (χ3n) is 3.81. The number of ether oxygens (including phenoxy) is 1. The Hall–Kier alpha value is -2.88. The minimum absolute atomic E-state index is 0.190. The van der Waals surface area contributed by atoms with E-state index in [2.05, 4.69) is 16.4 Å². The molecular formula is C20H20N2O2. The minimum Gasteiger partial charge on any atom is -0.491 e. The Balaban J connectivity index is 1.55. The molecule has 2 aromatic carbocycles. The van der Waals surface area contributed by atoms with Crippen molar-refractivity contribution in [2.75, 3.05) is 13.2 Å². The topological polar surface area (TPSA) is 51.2 Å². The van der Waals surface area contributed by atoms with E-state index >= 15 is 0 Å². The molecule has 0 aliphatic heterocycles. The molecule has 1 N–H and O–H groups in total. The van der Waals surface area contributed by atoms with Crippen LogP contribution in [0.4, 0.5) is 0 Å². The lowest BCUT2D eigenvalue weighted by Crippen LogP contribution is -2.28. The Kier molecular flexibility index (Phi) is 4.75. The highest BCUT2D eigenvalue weighted by Crippen LogP contribution is 2.18. The Morgan fingerprint density at radius 1 is 1.08 bits per heavy atom. The summed E-state index contributed by atoms with van der Waals surface area (Å²) in [6.45, 7) is 4.91. The van der Waals surface area contributed by atoms with E-state index in [0.29, 0.717) is 18.8 Å². The van der Waals surface area contributed by atoms with Gasteiger partial charge in [-0.3, -0.25) is 4.79 Å². The average Bonchev–Trinajstić information content (AvgIpc) is 2.59. The average molecular weight is 320 g/mol. The number of amides is 1. The number of carbonyl (C=O) groups excluding carboxylic acids is 1. The number of fused-ring (bicyclic) bond motifs is 1. The number of aromatic nitrogens is 1. The van der Waals surface area contributed by atoms with Gasteiger partial charge < -0.3 is 10.1 Å². The Morgan fingerprint density at radius 2 is 1.92 bits per heavy atom. The molecule has 4 heteroatoms. The second kappa shape index (κ2) is 7.13. The van der Waals surface area contributed by atoms with Crippen molar-refractivity contribution in [2.45, 2.75) is 13.8 Å². The summed E-state index contributed by atoms with van der Waals surface area (Å²) in [6.07, 6.45) is 0. The highest BCUT2D eigenvalue weighted by molar-refractivity contribution is 5.94. The Bertz CT molecular complexity index is 874. The minimum atomic E-state index is -0.190. The van der Waals surface area contributed by atoms with Crippen LogP contribution in [0.3, 0.4) is 0 Å². The number of rotatable bonds is 5. The van der Waals surface area contributed by atoms with Crippen LogP contribution in [0, 0.1) is 13.8 Å². The molecule has 1 heterocycles. The zero-order valence-electron chi connectivity index (χ0n) is 13.9. The van der Waals surface area contributed by atoms with E-state index < -0.39 is 0 Å². The number of nitrogens with one attached hydrogen (secondary N) is 1. The molecule has 0 atom stereocenters. The number of carbonyl (C=O) groups is 1. The molecule has 0 fully saturated rings. The maximum Gasteiger partial charge on any atom is 0.270 e. The number of benzene rings is 2. The van der Waals surface area contributed by atoms with E-state index in [1.165, 1.54) is 5.56 Å². The molecule has 0 unspecified atom stereocenters. The molecule has 0 spiro atoms. The number of para-hydroxylation sites is 1. The van der Waals surface area contributed by atoms with Gasteiger partial charge in [-0.1, -0.05) is 42.0 Å². The summed E-state index contributed by atoms with van der Waals surface area (Å²) in [6, 6.07) is 17.4. The fraction of sp³-hybridized carbons (Fsp3) is 0.200. The fourth-order valence-corrected chi connectivity index (χ4v) is 2.57. The van der Waals surface area contributed by atoms with Gasteiger partial charge in [-0.05, 0) is 37.6 Å². The molecule has 0 bridgehead atoms. The highest BCUT2D eigenvalue weighted by atomic mass is 16.5. The van der Waals surface area contributed by atoms with E-state index in [-0.39, 0.29) is 5.91 Å². The predicted molar refractivity (Wildman–Crippen MR) is 95.5 cm³/mol. The first-order chi connectivity index (χ1) is 11.6. The Labute approximate surface area is 141 Å². The van der Waals surface area contributed by atoms with Gasteiger partial charge in [0.1, 0.15) is 18.1 Å².